The quantitative estimate of drug-likeness (QED) is 0.728. The number of halogens is 1. The lowest BCUT2D eigenvalue weighted by atomic mass is 10.00. The van der Waals surface area contributed by atoms with E-state index in [4.69, 9.17) is 5.73 Å². The van der Waals surface area contributed by atoms with Crippen LogP contribution < -0.4 is 5.73 Å². The van der Waals surface area contributed by atoms with Gasteiger partial charge in [0.1, 0.15) is 17.8 Å². The minimum absolute atomic E-state index is 0.290. The van der Waals surface area contributed by atoms with Crippen LogP contribution in [0.4, 0.5) is 10.2 Å². The summed E-state index contributed by atoms with van der Waals surface area (Å²) in [7, 11) is 0. The standard InChI is InChI=1S/C18H19FN4O/c1-3-8-23-16(13(24)9-19)14(12-6-4-11(2)5-7-12)15-17(20)21-10-22-18(15)23/h4-7,10H,3,8-9H2,1-2H3,(H2,20,21,22). The van der Waals surface area contributed by atoms with E-state index in [9.17, 15) is 9.18 Å². The number of nitrogens with zero attached hydrogens (tertiary/aromatic N) is 3. The monoisotopic (exact) mass is 326 g/mol. The highest BCUT2D eigenvalue weighted by molar-refractivity contribution is 6.13. The van der Waals surface area contributed by atoms with Gasteiger partial charge in [-0.05, 0) is 18.9 Å². The van der Waals surface area contributed by atoms with E-state index >= 15 is 0 Å². The van der Waals surface area contributed by atoms with Gasteiger partial charge in [-0.15, -0.1) is 0 Å². The van der Waals surface area contributed by atoms with Gasteiger partial charge in [0.15, 0.2) is 6.67 Å². The first-order chi connectivity index (χ1) is 11.6. The molecule has 2 heterocycles. The smallest absolute Gasteiger partial charge is 0.210 e. The molecular formula is C18H19FN4O. The highest BCUT2D eigenvalue weighted by atomic mass is 19.1. The van der Waals surface area contributed by atoms with E-state index in [1.807, 2.05) is 38.1 Å². The van der Waals surface area contributed by atoms with Crippen molar-refractivity contribution < 1.29 is 9.18 Å². The number of hydrogen-bond donors (Lipinski definition) is 1. The summed E-state index contributed by atoms with van der Waals surface area (Å²) >= 11 is 0. The first kappa shape index (κ1) is 16.1. The van der Waals surface area contributed by atoms with Crippen LogP contribution in [0.25, 0.3) is 22.2 Å². The normalized spacial score (nSPS) is 11.1. The van der Waals surface area contributed by atoms with Gasteiger partial charge in [0.2, 0.25) is 5.78 Å². The van der Waals surface area contributed by atoms with Gasteiger partial charge >= 0.3 is 0 Å². The van der Waals surface area contributed by atoms with E-state index in [2.05, 4.69) is 9.97 Å². The Morgan fingerprint density at radius 3 is 2.58 bits per heavy atom. The third-order valence-electron chi connectivity index (χ3n) is 4.04. The van der Waals surface area contributed by atoms with Crippen LogP contribution in [0.1, 0.15) is 29.4 Å². The summed E-state index contributed by atoms with van der Waals surface area (Å²) in [5, 5.41) is 0.603. The van der Waals surface area contributed by atoms with E-state index < -0.39 is 12.5 Å². The lowest BCUT2D eigenvalue weighted by molar-refractivity contribution is 0.0950. The van der Waals surface area contributed by atoms with Crippen LogP contribution in [-0.4, -0.2) is 27.0 Å². The number of nitrogen functional groups attached to an aromatic ring is 1. The van der Waals surface area contributed by atoms with Crippen LogP contribution >= 0.6 is 0 Å². The number of anilines is 1. The third-order valence-corrected chi connectivity index (χ3v) is 4.04. The molecule has 0 aliphatic carbocycles. The second-order valence-corrected chi connectivity index (χ2v) is 5.76. The van der Waals surface area contributed by atoms with Gasteiger partial charge in [0.25, 0.3) is 0 Å². The maximum Gasteiger partial charge on any atom is 0.210 e. The van der Waals surface area contributed by atoms with E-state index in [0.717, 1.165) is 17.5 Å². The second kappa shape index (κ2) is 6.39. The molecule has 0 spiro atoms. The molecule has 3 rings (SSSR count). The Kier molecular flexibility index (Phi) is 4.29. The molecule has 24 heavy (non-hydrogen) atoms. The molecular weight excluding hydrogens is 307 g/mol. The molecule has 0 atom stereocenters. The van der Waals surface area contributed by atoms with Gasteiger partial charge in [0, 0.05) is 12.1 Å². The largest absolute Gasteiger partial charge is 0.383 e. The van der Waals surface area contributed by atoms with Crippen LogP contribution in [0.3, 0.4) is 0 Å². The summed E-state index contributed by atoms with van der Waals surface area (Å²) in [6, 6.07) is 7.70. The molecule has 0 aliphatic heterocycles. The van der Waals surface area contributed by atoms with E-state index in [-0.39, 0.29) is 0 Å². The molecule has 2 N–H and O–H groups in total. The molecule has 0 fully saturated rings. The van der Waals surface area contributed by atoms with Crippen LogP contribution in [0.2, 0.25) is 0 Å². The number of aromatic nitrogens is 3. The van der Waals surface area contributed by atoms with Crippen LogP contribution in [0.15, 0.2) is 30.6 Å². The predicted octanol–water partition coefficient (Wildman–Crippen LogP) is 3.55. The topological polar surface area (TPSA) is 73.8 Å². The second-order valence-electron chi connectivity index (χ2n) is 5.76. The molecule has 6 heteroatoms. The fourth-order valence-electron chi connectivity index (χ4n) is 2.99. The number of aryl methyl sites for hydroxylation is 2. The minimum Gasteiger partial charge on any atom is -0.383 e. The Labute approximate surface area is 139 Å². The summed E-state index contributed by atoms with van der Waals surface area (Å²) in [5.41, 5.74) is 9.46. The molecule has 5 nitrogen and oxygen atoms in total. The number of nitrogens with two attached hydrogens (primary N) is 1. The molecule has 0 amide bonds. The Bertz CT molecular complexity index is 900. The number of alkyl halides is 1. The van der Waals surface area contributed by atoms with Gasteiger partial charge in [0.05, 0.1) is 11.1 Å². The zero-order chi connectivity index (χ0) is 17.3. The van der Waals surface area contributed by atoms with E-state index in [0.29, 0.717) is 34.7 Å². The van der Waals surface area contributed by atoms with Gasteiger partial charge in [-0.1, -0.05) is 36.8 Å². The van der Waals surface area contributed by atoms with Crippen molar-refractivity contribution >= 4 is 22.6 Å². The number of ketones is 1. The molecule has 2 aromatic heterocycles. The van der Waals surface area contributed by atoms with Crippen LogP contribution in [0, 0.1) is 6.92 Å². The molecule has 3 aromatic rings. The average Bonchev–Trinajstić information content (AvgIpc) is 2.91. The van der Waals surface area contributed by atoms with Crippen LogP contribution in [0.5, 0.6) is 0 Å². The SMILES string of the molecule is CCCn1c(C(=O)CF)c(-c2ccc(C)cc2)c2c(N)ncnc21. The van der Waals surface area contributed by atoms with Crippen molar-refractivity contribution in [1.82, 2.24) is 14.5 Å². The molecule has 124 valence electrons. The van der Waals surface area contributed by atoms with Crippen molar-refractivity contribution in [2.75, 3.05) is 12.4 Å². The van der Waals surface area contributed by atoms with Gasteiger partial charge < -0.3 is 10.3 Å². The van der Waals surface area contributed by atoms with Crippen molar-refractivity contribution in [3.05, 3.63) is 41.9 Å². The first-order valence-corrected chi connectivity index (χ1v) is 7.87. The average molecular weight is 326 g/mol. The number of carbonyl (C=O) groups excluding carboxylic acids is 1. The molecule has 0 aliphatic rings. The van der Waals surface area contributed by atoms with Crippen molar-refractivity contribution in [1.29, 1.82) is 0 Å². The fraction of sp³-hybridized carbons (Fsp3) is 0.278. The lowest BCUT2D eigenvalue weighted by Crippen LogP contribution is -2.12. The molecule has 0 radical (unpaired) electrons. The van der Waals surface area contributed by atoms with Crippen molar-refractivity contribution in [3.8, 4) is 11.1 Å². The van der Waals surface area contributed by atoms with Crippen LogP contribution in [-0.2, 0) is 6.54 Å². The predicted molar refractivity (Wildman–Crippen MR) is 92.7 cm³/mol. The summed E-state index contributed by atoms with van der Waals surface area (Å²) in [4.78, 5) is 20.7. The number of rotatable bonds is 5. The lowest BCUT2D eigenvalue weighted by Gasteiger charge is -2.09. The molecule has 1 aromatic carbocycles. The number of benzene rings is 1. The van der Waals surface area contributed by atoms with Gasteiger partial charge in [-0.3, -0.25) is 4.79 Å². The van der Waals surface area contributed by atoms with Gasteiger partial charge in [-0.25, -0.2) is 14.4 Å². The fourth-order valence-corrected chi connectivity index (χ4v) is 2.99. The molecule has 0 saturated carbocycles. The van der Waals surface area contributed by atoms with Crippen molar-refractivity contribution in [3.63, 3.8) is 0 Å². The zero-order valence-electron chi connectivity index (χ0n) is 13.7. The third kappa shape index (κ3) is 2.54. The maximum atomic E-state index is 13.3. The summed E-state index contributed by atoms with van der Waals surface area (Å²) in [5.74, 6) is -0.283. The van der Waals surface area contributed by atoms with E-state index in [1.54, 1.807) is 4.57 Å². The molecule has 0 unspecified atom stereocenters. The summed E-state index contributed by atoms with van der Waals surface area (Å²) < 4.78 is 15.0. The van der Waals surface area contributed by atoms with E-state index in [1.165, 1.54) is 6.33 Å². The maximum absolute atomic E-state index is 13.3. The summed E-state index contributed by atoms with van der Waals surface area (Å²) in [6.45, 7) is 3.47. The minimum atomic E-state index is -1.06. The van der Waals surface area contributed by atoms with Crippen molar-refractivity contribution in [2.24, 2.45) is 0 Å². The zero-order valence-corrected chi connectivity index (χ0v) is 13.7. The number of Topliss-reactive ketones (excluding diaryl/α,β-unsaturated/α-hetero) is 1. The molecule has 0 bridgehead atoms. The van der Waals surface area contributed by atoms with Crippen molar-refractivity contribution in [2.45, 2.75) is 26.8 Å². The molecule has 0 saturated heterocycles. The number of fused-ring (bicyclic) bond motifs is 1. The number of hydrogen-bond acceptors (Lipinski definition) is 4. The Morgan fingerprint density at radius 1 is 1.25 bits per heavy atom. The number of carbonyl (C=O) groups is 1. The Hall–Kier alpha value is -2.76. The highest BCUT2D eigenvalue weighted by Crippen LogP contribution is 2.37. The first-order valence-electron chi connectivity index (χ1n) is 7.87. The highest BCUT2D eigenvalue weighted by Gasteiger charge is 2.26. The Morgan fingerprint density at radius 2 is 1.96 bits per heavy atom. The Balaban J connectivity index is 2.44. The summed E-state index contributed by atoms with van der Waals surface area (Å²) in [6.07, 6.45) is 2.15. The van der Waals surface area contributed by atoms with Gasteiger partial charge in [-0.2, -0.15) is 0 Å².